The van der Waals surface area contributed by atoms with Crippen LogP contribution >= 0.6 is 0 Å². The summed E-state index contributed by atoms with van der Waals surface area (Å²) >= 11 is 0. The topological polar surface area (TPSA) is 109 Å². The molecule has 8 heteroatoms. The fourth-order valence-corrected chi connectivity index (χ4v) is 3.14. The molecule has 0 bridgehead atoms. The van der Waals surface area contributed by atoms with Gasteiger partial charge < -0.3 is 15.4 Å². The number of nitrogens with zero attached hydrogens (tertiary/aromatic N) is 4. The van der Waals surface area contributed by atoms with Gasteiger partial charge in [-0.25, -0.2) is 9.97 Å². The van der Waals surface area contributed by atoms with E-state index in [0.29, 0.717) is 18.5 Å². The molecule has 3 aromatic rings. The summed E-state index contributed by atoms with van der Waals surface area (Å²) in [6.45, 7) is 0. The Morgan fingerprint density at radius 2 is 2.33 bits per heavy atom. The predicted octanol–water partition coefficient (Wildman–Crippen LogP) is 0.933. The number of aromatic amines is 1. The van der Waals surface area contributed by atoms with Crippen LogP contribution in [0, 0.1) is 5.92 Å². The van der Waals surface area contributed by atoms with Crippen molar-refractivity contribution in [2.45, 2.75) is 25.0 Å². The van der Waals surface area contributed by atoms with Gasteiger partial charge in [-0.2, -0.15) is 5.10 Å². The molecule has 0 aromatic carbocycles. The van der Waals surface area contributed by atoms with Gasteiger partial charge in [0.2, 0.25) is 0 Å². The van der Waals surface area contributed by atoms with Crippen LogP contribution in [0.3, 0.4) is 0 Å². The lowest BCUT2D eigenvalue weighted by Crippen LogP contribution is -2.41. The smallest absolute Gasteiger partial charge is 0.287 e. The first kappa shape index (κ1) is 14.8. The summed E-state index contributed by atoms with van der Waals surface area (Å²) in [5.74, 6) is 0.136. The molecule has 24 heavy (non-hydrogen) atoms. The van der Waals surface area contributed by atoms with Gasteiger partial charge in [0, 0.05) is 25.0 Å². The fourth-order valence-electron chi connectivity index (χ4n) is 3.14. The Labute approximate surface area is 137 Å². The largest absolute Gasteiger partial charge is 0.393 e. The van der Waals surface area contributed by atoms with Crippen molar-refractivity contribution in [1.29, 1.82) is 0 Å². The highest BCUT2D eigenvalue weighted by molar-refractivity contribution is 5.93. The van der Waals surface area contributed by atoms with Gasteiger partial charge in [-0.05, 0) is 30.9 Å². The second-order valence-corrected chi connectivity index (χ2v) is 6.24. The number of H-pyrrole nitrogens is 1. The number of rotatable bonds is 4. The van der Waals surface area contributed by atoms with Crippen molar-refractivity contribution in [3.63, 3.8) is 0 Å². The lowest BCUT2D eigenvalue weighted by atomic mass is 9.75. The molecule has 1 atom stereocenters. The SMILES string of the molecule is Cn1cc(C(NC(=O)c2nc3ncccc3[nH]2)C2CC(O)C2)cn1. The molecule has 1 saturated carbocycles. The zero-order valence-corrected chi connectivity index (χ0v) is 13.2. The molecule has 4 rings (SSSR count). The van der Waals surface area contributed by atoms with Gasteiger partial charge in [0.05, 0.1) is 23.9 Å². The summed E-state index contributed by atoms with van der Waals surface area (Å²) in [6, 6.07) is 3.42. The molecular formula is C16H18N6O2. The maximum absolute atomic E-state index is 12.6. The van der Waals surface area contributed by atoms with Crippen LogP contribution in [0.5, 0.6) is 0 Å². The third kappa shape index (κ3) is 2.65. The maximum Gasteiger partial charge on any atom is 0.287 e. The van der Waals surface area contributed by atoms with Crippen LogP contribution in [0.4, 0.5) is 0 Å². The van der Waals surface area contributed by atoms with Crippen LogP contribution in [0.1, 0.15) is 35.1 Å². The zero-order valence-electron chi connectivity index (χ0n) is 13.2. The van der Waals surface area contributed by atoms with Crippen LogP contribution in [0.2, 0.25) is 0 Å². The molecule has 0 spiro atoms. The summed E-state index contributed by atoms with van der Waals surface area (Å²) in [7, 11) is 1.84. The Morgan fingerprint density at radius 1 is 1.50 bits per heavy atom. The monoisotopic (exact) mass is 326 g/mol. The average molecular weight is 326 g/mol. The van der Waals surface area contributed by atoms with Crippen molar-refractivity contribution in [2.24, 2.45) is 13.0 Å². The van der Waals surface area contributed by atoms with E-state index in [1.165, 1.54) is 0 Å². The van der Waals surface area contributed by atoms with E-state index in [1.54, 1.807) is 23.1 Å². The van der Waals surface area contributed by atoms with Crippen molar-refractivity contribution in [2.75, 3.05) is 0 Å². The molecule has 0 aliphatic heterocycles. The average Bonchev–Trinajstić information content (AvgIpc) is 3.15. The number of aliphatic hydroxyl groups is 1. The molecule has 1 amide bonds. The van der Waals surface area contributed by atoms with E-state index in [4.69, 9.17) is 0 Å². The third-order valence-electron chi connectivity index (χ3n) is 4.46. The highest BCUT2D eigenvalue weighted by atomic mass is 16.3. The zero-order chi connectivity index (χ0) is 16.7. The van der Waals surface area contributed by atoms with Gasteiger partial charge in [-0.15, -0.1) is 0 Å². The highest BCUT2D eigenvalue weighted by Gasteiger charge is 2.36. The molecule has 0 radical (unpaired) electrons. The Kier molecular flexibility index (Phi) is 3.53. The number of pyridine rings is 1. The van der Waals surface area contributed by atoms with Crippen LogP contribution in [-0.4, -0.2) is 41.9 Å². The number of carbonyl (C=O) groups is 1. The number of nitrogens with one attached hydrogen (secondary N) is 2. The standard InChI is InChI=1S/C16H18N6O2/c1-22-8-10(7-18-22)13(9-5-11(23)6-9)20-16(24)15-19-12-3-2-4-17-14(12)21-15/h2-4,7-9,11,13,23H,5-6H2,1H3,(H,20,24)(H,17,19,21). The second kappa shape index (κ2) is 5.72. The minimum atomic E-state index is -0.290. The van der Waals surface area contributed by atoms with Crippen molar-refractivity contribution >= 4 is 17.1 Å². The fraction of sp³-hybridized carbons (Fsp3) is 0.375. The first-order valence-electron chi connectivity index (χ1n) is 7.88. The molecule has 3 N–H and O–H groups in total. The quantitative estimate of drug-likeness (QED) is 0.661. The van der Waals surface area contributed by atoms with Crippen molar-refractivity contribution in [1.82, 2.24) is 30.0 Å². The summed E-state index contributed by atoms with van der Waals surface area (Å²) < 4.78 is 1.70. The van der Waals surface area contributed by atoms with E-state index < -0.39 is 0 Å². The number of aliphatic hydroxyl groups excluding tert-OH is 1. The number of aromatic nitrogens is 5. The van der Waals surface area contributed by atoms with Crippen molar-refractivity contribution in [3.8, 4) is 0 Å². The van der Waals surface area contributed by atoms with Crippen LogP contribution in [-0.2, 0) is 7.05 Å². The summed E-state index contributed by atoms with van der Waals surface area (Å²) in [5, 5.41) is 16.8. The van der Waals surface area contributed by atoms with Gasteiger partial charge in [-0.3, -0.25) is 9.48 Å². The van der Waals surface area contributed by atoms with Gasteiger partial charge >= 0.3 is 0 Å². The Bertz CT molecular complexity index is 846. The number of fused-ring (bicyclic) bond motifs is 1. The first-order valence-corrected chi connectivity index (χ1v) is 7.88. The molecule has 1 unspecified atom stereocenters. The molecular weight excluding hydrogens is 308 g/mol. The Balaban J connectivity index is 1.58. The van der Waals surface area contributed by atoms with Gasteiger partial charge in [0.25, 0.3) is 5.91 Å². The normalized spacial score (nSPS) is 21.4. The lowest BCUT2D eigenvalue weighted by molar-refractivity contribution is 0.0234. The van der Waals surface area contributed by atoms with Gasteiger partial charge in [0.1, 0.15) is 0 Å². The Hall–Kier alpha value is -2.74. The van der Waals surface area contributed by atoms with E-state index in [0.717, 1.165) is 11.1 Å². The van der Waals surface area contributed by atoms with Crippen LogP contribution < -0.4 is 5.32 Å². The van der Waals surface area contributed by atoms with E-state index in [-0.39, 0.29) is 29.8 Å². The number of carbonyl (C=O) groups excluding carboxylic acids is 1. The molecule has 8 nitrogen and oxygen atoms in total. The number of amides is 1. The molecule has 1 aliphatic carbocycles. The first-order chi connectivity index (χ1) is 11.6. The number of aryl methyl sites for hydroxylation is 1. The van der Waals surface area contributed by atoms with Crippen LogP contribution in [0.15, 0.2) is 30.7 Å². The number of imidazole rings is 1. The van der Waals surface area contributed by atoms with E-state index in [2.05, 4.69) is 25.4 Å². The van der Waals surface area contributed by atoms with E-state index in [1.807, 2.05) is 19.3 Å². The molecule has 1 aliphatic rings. The Morgan fingerprint density at radius 3 is 3.00 bits per heavy atom. The van der Waals surface area contributed by atoms with E-state index in [9.17, 15) is 9.90 Å². The third-order valence-corrected chi connectivity index (χ3v) is 4.46. The van der Waals surface area contributed by atoms with Crippen LogP contribution in [0.25, 0.3) is 11.2 Å². The van der Waals surface area contributed by atoms with Gasteiger partial charge in [-0.1, -0.05) is 0 Å². The highest BCUT2D eigenvalue weighted by Crippen LogP contribution is 2.38. The predicted molar refractivity (Wildman–Crippen MR) is 86.0 cm³/mol. The maximum atomic E-state index is 12.6. The molecule has 0 saturated heterocycles. The molecule has 1 fully saturated rings. The number of hydrogen-bond donors (Lipinski definition) is 3. The van der Waals surface area contributed by atoms with Gasteiger partial charge in [0.15, 0.2) is 11.5 Å². The second-order valence-electron chi connectivity index (χ2n) is 6.24. The minimum absolute atomic E-state index is 0.190. The lowest BCUT2D eigenvalue weighted by Gasteiger charge is -2.37. The number of hydrogen-bond acceptors (Lipinski definition) is 5. The summed E-state index contributed by atoms with van der Waals surface area (Å²) in [5.41, 5.74) is 2.16. The molecule has 124 valence electrons. The molecule has 3 heterocycles. The summed E-state index contributed by atoms with van der Waals surface area (Å²) in [4.78, 5) is 24.0. The minimum Gasteiger partial charge on any atom is -0.393 e. The van der Waals surface area contributed by atoms with E-state index >= 15 is 0 Å². The van der Waals surface area contributed by atoms with Crippen molar-refractivity contribution in [3.05, 3.63) is 42.1 Å². The molecule has 3 aromatic heterocycles. The summed E-state index contributed by atoms with van der Waals surface area (Å²) in [6.07, 6.45) is 6.31. The van der Waals surface area contributed by atoms with Crippen molar-refractivity contribution < 1.29 is 9.90 Å².